The number of fused-ring (bicyclic) bond motifs is 1. The molecule has 0 N–H and O–H groups in total. The summed E-state index contributed by atoms with van der Waals surface area (Å²) in [4.78, 5) is 21.4. The van der Waals surface area contributed by atoms with Crippen LogP contribution in [0.3, 0.4) is 0 Å². The van der Waals surface area contributed by atoms with Crippen molar-refractivity contribution in [3.05, 3.63) is 44.8 Å². The van der Waals surface area contributed by atoms with E-state index in [2.05, 4.69) is 0 Å². The lowest BCUT2D eigenvalue weighted by atomic mass is 10.2. The highest BCUT2D eigenvalue weighted by Crippen LogP contribution is 2.20. The third kappa shape index (κ3) is 2.09. The maximum Gasteiger partial charge on any atom is 0.352 e. The van der Waals surface area contributed by atoms with Gasteiger partial charge in [0, 0.05) is 23.8 Å². The number of nitro benzene ring substituents is 1. The number of hydrogen-bond acceptors (Lipinski definition) is 5. The van der Waals surface area contributed by atoms with Crippen molar-refractivity contribution in [3.8, 4) is 0 Å². The summed E-state index contributed by atoms with van der Waals surface area (Å²) < 4.78 is 16.2. The fourth-order valence-electron chi connectivity index (χ4n) is 1.41. The number of benzene rings is 1. The molecular weight excluding hydrogens is 246 g/mol. The standard InChI is InChI=1S/C10H7NO5S/c1-17(15)9-5-6-4-7(11(13)14)2-3-8(6)16-10(9)12/h2-5H,1H3. The van der Waals surface area contributed by atoms with Crippen LogP contribution in [0.1, 0.15) is 0 Å². The number of rotatable bonds is 2. The first-order chi connectivity index (χ1) is 7.99. The molecule has 0 fully saturated rings. The van der Waals surface area contributed by atoms with Crippen LogP contribution in [-0.4, -0.2) is 15.4 Å². The summed E-state index contributed by atoms with van der Waals surface area (Å²) in [6, 6.07) is 5.21. The molecule has 1 aromatic carbocycles. The van der Waals surface area contributed by atoms with Gasteiger partial charge in [-0.25, -0.2) is 4.79 Å². The highest BCUT2D eigenvalue weighted by atomic mass is 32.2. The van der Waals surface area contributed by atoms with E-state index in [-0.39, 0.29) is 16.2 Å². The molecule has 1 atom stereocenters. The Labute approximate surface area is 97.5 Å². The zero-order valence-electron chi connectivity index (χ0n) is 8.71. The second-order valence-corrected chi connectivity index (χ2v) is 4.68. The molecule has 7 heteroatoms. The summed E-state index contributed by atoms with van der Waals surface area (Å²) >= 11 is 0. The molecule has 1 aromatic heterocycles. The first-order valence-electron chi connectivity index (χ1n) is 4.55. The van der Waals surface area contributed by atoms with Crippen LogP contribution in [0, 0.1) is 10.1 Å². The lowest BCUT2D eigenvalue weighted by Gasteiger charge is -1.99. The SMILES string of the molecule is CS(=O)c1cc2cc([N+](=O)[O-])ccc2oc1=O. The Kier molecular flexibility index (Phi) is 2.76. The quantitative estimate of drug-likeness (QED) is 0.459. The molecule has 0 bridgehead atoms. The van der Waals surface area contributed by atoms with Gasteiger partial charge in [0.05, 0.1) is 15.7 Å². The van der Waals surface area contributed by atoms with Crippen molar-refractivity contribution in [1.82, 2.24) is 0 Å². The van der Waals surface area contributed by atoms with Gasteiger partial charge in [-0.3, -0.25) is 14.3 Å². The van der Waals surface area contributed by atoms with Gasteiger partial charge in [0.1, 0.15) is 10.5 Å². The average molecular weight is 253 g/mol. The summed E-state index contributed by atoms with van der Waals surface area (Å²) in [7, 11) is -1.49. The molecule has 2 aromatic rings. The largest absolute Gasteiger partial charge is 0.422 e. The normalized spacial score (nSPS) is 12.5. The molecule has 1 heterocycles. The highest BCUT2D eigenvalue weighted by molar-refractivity contribution is 7.84. The number of nitrogens with zero attached hydrogens (tertiary/aromatic N) is 1. The van der Waals surface area contributed by atoms with E-state index in [1.807, 2.05) is 0 Å². The van der Waals surface area contributed by atoms with Crippen molar-refractivity contribution in [2.45, 2.75) is 4.90 Å². The molecule has 0 spiro atoms. The maximum absolute atomic E-state index is 11.4. The fraction of sp³-hybridized carbons (Fsp3) is 0.100. The number of hydrogen-bond donors (Lipinski definition) is 0. The predicted octanol–water partition coefficient (Wildman–Crippen LogP) is 1.44. The van der Waals surface area contributed by atoms with Crippen LogP contribution in [0.2, 0.25) is 0 Å². The van der Waals surface area contributed by atoms with Gasteiger partial charge in [0.15, 0.2) is 0 Å². The first-order valence-corrected chi connectivity index (χ1v) is 6.10. The summed E-state index contributed by atoms with van der Waals surface area (Å²) in [5, 5.41) is 11.0. The van der Waals surface area contributed by atoms with E-state index in [0.29, 0.717) is 5.39 Å². The van der Waals surface area contributed by atoms with Gasteiger partial charge in [-0.1, -0.05) is 0 Å². The van der Waals surface area contributed by atoms with Crippen molar-refractivity contribution in [1.29, 1.82) is 0 Å². The van der Waals surface area contributed by atoms with E-state index in [9.17, 15) is 19.1 Å². The van der Waals surface area contributed by atoms with Crippen LogP contribution in [0.4, 0.5) is 5.69 Å². The lowest BCUT2D eigenvalue weighted by molar-refractivity contribution is -0.384. The lowest BCUT2D eigenvalue weighted by Crippen LogP contribution is -2.07. The molecule has 17 heavy (non-hydrogen) atoms. The Morgan fingerprint density at radius 2 is 2.06 bits per heavy atom. The maximum atomic E-state index is 11.4. The van der Waals surface area contributed by atoms with Crippen molar-refractivity contribution < 1.29 is 13.5 Å². The van der Waals surface area contributed by atoms with Gasteiger partial charge in [-0.05, 0) is 12.1 Å². The van der Waals surface area contributed by atoms with Gasteiger partial charge in [0.25, 0.3) is 5.69 Å². The molecular formula is C10H7NO5S. The van der Waals surface area contributed by atoms with Crippen molar-refractivity contribution in [2.75, 3.05) is 6.26 Å². The second kappa shape index (κ2) is 4.10. The van der Waals surface area contributed by atoms with E-state index in [1.54, 1.807) is 0 Å². The second-order valence-electron chi connectivity index (χ2n) is 3.33. The Hall–Kier alpha value is -2.02. The van der Waals surface area contributed by atoms with Crippen LogP contribution in [0.25, 0.3) is 11.0 Å². The van der Waals surface area contributed by atoms with Gasteiger partial charge in [-0.15, -0.1) is 0 Å². The fourth-order valence-corrected chi connectivity index (χ4v) is 1.98. The minimum Gasteiger partial charge on any atom is -0.422 e. The van der Waals surface area contributed by atoms with Crippen LogP contribution >= 0.6 is 0 Å². The Morgan fingerprint density at radius 1 is 1.35 bits per heavy atom. The molecule has 0 radical (unpaired) electrons. The zero-order valence-corrected chi connectivity index (χ0v) is 9.52. The molecule has 88 valence electrons. The summed E-state index contributed by atoms with van der Waals surface area (Å²) in [5.74, 6) is 0. The molecule has 0 saturated heterocycles. The molecule has 0 aliphatic carbocycles. The highest BCUT2D eigenvalue weighted by Gasteiger charge is 2.12. The minimum absolute atomic E-state index is 0.00185. The van der Waals surface area contributed by atoms with Crippen LogP contribution in [0.5, 0.6) is 0 Å². The van der Waals surface area contributed by atoms with Crippen molar-refractivity contribution in [3.63, 3.8) is 0 Å². The van der Waals surface area contributed by atoms with E-state index in [4.69, 9.17) is 4.42 Å². The predicted molar refractivity (Wildman–Crippen MR) is 61.5 cm³/mol. The Balaban J connectivity index is 2.77. The Bertz CT molecular complexity index is 691. The monoisotopic (exact) mass is 253 g/mol. The van der Waals surface area contributed by atoms with Gasteiger partial charge in [0.2, 0.25) is 0 Å². The summed E-state index contributed by atoms with van der Waals surface area (Å²) in [6.07, 6.45) is 1.34. The average Bonchev–Trinajstić information content (AvgIpc) is 2.27. The topological polar surface area (TPSA) is 90.4 Å². The third-order valence-electron chi connectivity index (χ3n) is 2.20. The molecule has 0 saturated carbocycles. The van der Waals surface area contributed by atoms with Crippen LogP contribution in [-0.2, 0) is 10.8 Å². The van der Waals surface area contributed by atoms with E-state index in [1.165, 1.54) is 30.5 Å². The summed E-state index contributed by atoms with van der Waals surface area (Å²) in [5.41, 5.74) is -0.568. The van der Waals surface area contributed by atoms with Crippen LogP contribution < -0.4 is 5.63 Å². The van der Waals surface area contributed by atoms with Gasteiger partial charge in [-0.2, -0.15) is 0 Å². The molecule has 2 rings (SSSR count). The number of nitro groups is 1. The molecule has 6 nitrogen and oxygen atoms in total. The van der Waals surface area contributed by atoms with Crippen molar-refractivity contribution >= 4 is 27.5 Å². The van der Waals surface area contributed by atoms with Crippen LogP contribution in [0.15, 0.2) is 38.4 Å². The van der Waals surface area contributed by atoms with Gasteiger partial charge >= 0.3 is 5.63 Å². The molecule has 0 aliphatic heterocycles. The first kappa shape index (κ1) is 11.5. The Morgan fingerprint density at radius 3 is 2.65 bits per heavy atom. The third-order valence-corrected chi connectivity index (χ3v) is 3.11. The number of non-ortho nitro benzene ring substituents is 1. The molecule has 0 amide bonds. The zero-order chi connectivity index (χ0) is 12.6. The molecule has 0 aliphatic rings. The molecule has 1 unspecified atom stereocenters. The summed E-state index contributed by atoms with van der Waals surface area (Å²) in [6.45, 7) is 0. The van der Waals surface area contributed by atoms with E-state index >= 15 is 0 Å². The van der Waals surface area contributed by atoms with E-state index in [0.717, 1.165) is 0 Å². The van der Waals surface area contributed by atoms with E-state index < -0.39 is 21.3 Å². The van der Waals surface area contributed by atoms with Crippen molar-refractivity contribution in [2.24, 2.45) is 0 Å². The van der Waals surface area contributed by atoms with Gasteiger partial charge < -0.3 is 4.42 Å². The smallest absolute Gasteiger partial charge is 0.352 e. The minimum atomic E-state index is -1.49.